The number of methoxy groups -OCH3 is 2. The molecule has 1 aromatic carbocycles. The largest absolute Gasteiger partial charge is 0.493 e. The van der Waals surface area contributed by atoms with Crippen LogP contribution in [0, 0.1) is 11.3 Å². The number of benzene rings is 1. The van der Waals surface area contributed by atoms with Crippen LogP contribution in [0.4, 0.5) is 0 Å². The molecule has 166 valence electrons. The van der Waals surface area contributed by atoms with Crippen molar-refractivity contribution in [2.24, 2.45) is 0 Å². The van der Waals surface area contributed by atoms with Gasteiger partial charge in [0.1, 0.15) is 36.0 Å². The highest BCUT2D eigenvalue weighted by Crippen LogP contribution is 2.33. The Morgan fingerprint density at radius 1 is 1.06 bits per heavy atom. The monoisotopic (exact) mass is 432 g/mol. The molecule has 5 atom stereocenters. The van der Waals surface area contributed by atoms with Crippen molar-refractivity contribution in [3.8, 4) is 28.7 Å². The number of nitrogens with one attached hydrogen (secondary N) is 1. The molecule has 31 heavy (non-hydrogen) atoms. The smallest absolute Gasteiger partial charge is 0.266 e. The maximum absolute atomic E-state index is 12.5. The molecule has 0 amide bonds. The molecule has 1 aromatic heterocycles. The molecule has 0 unspecified atom stereocenters. The zero-order chi connectivity index (χ0) is 22.7. The van der Waals surface area contributed by atoms with E-state index in [4.69, 9.17) is 14.2 Å². The standard InChI is InChI=1S/C21H24N2O8/c1-29-14-4-3-10(5-15(14)30-2)12-6-11(23-21(28)13(12)8-22)7-16-18(25)20(27)19(26)17(9-24)31-16/h3-6,16-20,24-27H,7,9H2,1-2H3,(H,23,28)/t16-,17+,18-,19+,20+/m0/s1. The lowest BCUT2D eigenvalue weighted by molar-refractivity contribution is -0.228. The first-order chi connectivity index (χ1) is 14.8. The van der Waals surface area contributed by atoms with Gasteiger partial charge in [0.2, 0.25) is 0 Å². The first-order valence-electron chi connectivity index (χ1n) is 9.53. The average molecular weight is 432 g/mol. The van der Waals surface area contributed by atoms with Crippen molar-refractivity contribution in [1.82, 2.24) is 4.98 Å². The summed E-state index contributed by atoms with van der Waals surface area (Å²) in [4.78, 5) is 15.1. The van der Waals surface area contributed by atoms with Gasteiger partial charge in [-0.1, -0.05) is 6.07 Å². The number of hydrogen-bond acceptors (Lipinski definition) is 9. The molecule has 1 aliphatic rings. The second-order valence-corrected chi connectivity index (χ2v) is 7.17. The van der Waals surface area contributed by atoms with Crippen LogP contribution in [0.5, 0.6) is 11.5 Å². The summed E-state index contributed by atoms with van der Waals surface area (Å²) >= 11 is 0. The fourth-order valence-electron chi connectivity index (χ4n) is 3.63. The van der Waals surface area contributed by atoms with Gasteiger partial charge in [0.25, 0.3) is 5.56 Å². The summed E-state index contributed by atoms with van der Waals surface area (Å²) in [6.45, 7) is -0.553. The molecule has 0 bridgehead atoms. The molecule has 0 saturated carbocycles. The zero-order valence-electron chi connectivity index (χ0n) is 17.0. The summed E-state index contributed by atoms with van der Waals surface area (Å²) in [6.07, 6.45) is -6.54. The van der Waals surface area contributed by atoms with Crippen LogP contribution in [0.25, 0.3) is 11.1 Å². The fraction of sp³-hybridized carbons (Fsp3) is 0.429. The SMILES string of the molecule is COc1ccc(-c2cc(C[C@@H]3O[C@H](CO)[C@@H](O)[C@H](O)[C@H]3O)[nH]c(=O)c2C#N)cc1OC. The van der Waals surface area contributed by atoms with Crippen LogP contribution in [0.1, 0.15) is 11.3 Å². The van der Waals surface area contributed by atoms with E-state index in [1.807, 2.05) is 6.07 Å². The maximum atomic E-state index is 12.5. The van der Waals surface area contributed by atoms with Crippen LogP contribution in [0.2, 0.25) is 0 Å². The molecule has 0 spiro atoms. The molecule has 2 heterocycles. The Kier molecular flexibility index (Phi) is 6.94. The number of ether oxygens (including phenoxy) is 3. The van der Waals surface area contributed by atoms with Gasteiger partial charge in [-0.3, -0.25) is 4.79 Å². The van der Waals surface area contributed by atoms with Crippen molar-refractivity contribution >= 4 is 0 Å². The highest BCUT2D eigenvalue weighted by molar-refractivity contribution is 5.72. The van der Waals surface area contributed by atoms with Crippen molar-refractivity contribution in [3.05, 3.63) is 45.9 Å². The van der Waals surface area contributed by atoms with Crippen LogP contribution in [0.15, 0.2) is 29.1 Å². The van der Waals surface area contributed by atoms with Crippen LogP contribution in [-0.4, -0.2) is 76.8 Å². The number of hydrogen-bond donors (Lipinski definition) is 5. The van der Waals surface area contributed by atoms with E-state index in [9.17, 15) is 30.5 Å². The summed E-state index contributed by atoms with van der Waals surface area (Å²) < 4.78 is 16.0. The van der Waals surface area contributed by atoms with E-state index in [1.54, 1.807) is 24.3 Å². The van der Waals surface area contributed by atoms with Crippen LogP contribution in [0.3, 0.4) is 0 Å². The van der Waals surface area contributed by atoms with Crippen LogP contribution in [-0.2, 0) is 11.2 Å². The summed E-state index contributed by atoms with van der Waals surface area (Å²) in [5.74, 6) is 0.899. The number of rotatable bonds is 6. The van der Waals surface area contributed by atoms with E-state index in [0.717, 1.165) is 0 Å². The average Bonchev–Trinajstić information content (AvgIpc) is 2.78. The topological polar surface area (TPSA) is 165 Å². The van der Waals surface area contributed by atoms with Gasteiger partial charge in [0.15, 0.2) is 11.5 Å². The molecule has 3 rings (SSSR count). The van der Waals surface area contributed by atoms with Gasteiger partial charge in [-0.2, -0.15) is 5.26 Å². The molecule has 0 radical (unpaired) electrons. The first kappa shape index (κ1) is 22.7. The second kappa shape index (κ2) is 9.47. The number of aromatic nitrogens is 1. The molecule has 1 aliphatic heterocycles. The number of H-pyrrole nitrogens is 1. The van der Waals surface area contributed by atoms with Crippen molar-refractivity contribution in [2.45, 2.75) is 36.9 Å². The van der Waals surface area contributed by atoms with E-state index in [1.165, 1.54) is 14.2 Å². The van der Waals surface area contributed by atoms with Crippen LogP contribution >= 0.6 is 0 Å². The third-order valence-corrected chi connectivity index (χ3v) is 5.31. The Labute approximate surface area is 177 Å². The third kappa shape index (κ3) is 4.41. The quantitative estimate of drug-likeness (QED) is 0.397. The molecule has 2 aromatic rings. The van der Waals surface area contributed by atoms with Crippen molar-refractivity contribution < 1.29 is 34.6 Å². The number of nitriles is 1. The number of nitrogens with zero attached hydrogens (tertiary/aromatic N) is 1. The van der Waals surface area contributed by atoms with E-state index in [0.29, 0.717) is 28.3 Å². The highest BCUT2D eigenvalue weighted by atomic mass is 16.5. The van der Waals surface area contributed by atoms with E-state index < -0.39 is 42.7 Å². The molecular weight excluding hydrogens is 408 g/mol. The Bertz CT molecular complexity index is 1030. The number of aliphatic hydroxyl groups excluding tert-OH is 4. The first-order valence-corrected chi connectivity index (χ1v) is 9.53. The van der Waals surface area contributed by atoms with Crippen molar-refractivity contribution in [2.75, 3.05) is 20.8 Å². The van der Waals surface area contributed by atoms with E-state index >= 15 is 0 Å². The molecular formula is C21H24N2O8. The number of aliphatic hydroxyl groups is 4. The molecule has 1 fully saturated rings. The molecule has 10 nitrogen and oxygen atoms in total. The molecule has 0 aliphatic carbocycles. The lowest BCUT2D eigenvalue weighted by Crippen LogP contribution is -2.59. The summed E-state index contributed by atoms with van der Waals surface area (Å²) in [5.41, 5.74) is 0.472. The second-order valence-electron chi connectivity index (χ2n) is 7.17. The molecule has 1 saturated heterocycles. The predicted octanol–water partition coefficient (Wildman–Crippen LogP) is -0.684. The fourth-order valence-corrected chi connectivity index (χ4v) is 3.63. The van der Waals surface area contributed by atoms with E-state index in [-0.39, 0.29) is 12.0 Å². The van der Waals surface area contributed by atoms with Gasteiger partial charge >= 0.3 is 0 Å². The lowest BCUT2D eigenvalue weighted by atomic mass is 9.92. The van der Waals surface area contributed by atoms with Crippen molar-refractivity contribution in [3.63, 3.8) is 0 Å². The van der Waals surface area contributed by atoms with Gasteiger partial charge in [0.05, 0.1) is 26.9 Å². The number of aromatic amines is 1. The van der Waals surface area contributed by atoms with Gasteiger partial charge in [-0.05, 0) is 23.8 Å². The number of pyridine rings is 1. The highest BCUT2D eigenvalue weighted by Gasteiger charge is 2.43. The molecule has 10 heteroatoms. The van der Waals surface area contributed by atoms with Gasteiger partial charge < -0.3 is 39.6 Å². The van der Waals surface area contributed by atoms with Gasteiger partial charge in [-0.15, -0.1) is 0 Å². The normalized spacial score (nSPS) is 25.6. The zero-order valence-corrected chi connectivity index (χ0v) is 17.0. The van der Waals surface area contributed by atoms with Gasteiger partial charge in [0, 0.05) is 17.7 Å². The Hall–Kier alpha value is -2.94. The summed E-state index contributed by atoms with van der Waals surface area (Å²) in [7, 11) is 2.96. The predicted molar refractivity (Wildman–Crippen MR) is 108 cm³/mol. The Morgan fingerprint density at radius 3 is 2.35 bits per heavy atom. The minimum Gasteiger partial charge on any atom is -0.493 e. The molecule has 5 N–H and O–H groups in total. The van der Waals surface area contributed by atoms with E-state index in [2.05, 4.69) is 4.98 Å². The maximum Gasteiger partial charge on any atom is 0.266 e. The minimum atomic E-state index is -1.52. The lowest BCUT2D eigenvalue weighted by Gasteiger charge is -2.40. The third-order valence-electron chi connectivity index (χ3n) is 5.31. The Morgan fingerprint density at radius 2 is 1.74 bits per heavy atom. The minimum absolute atomic E-state index is 0.0390. The summed E-state index contributed by atoms with van der Waals surface area (Å²) in [5, 5.41) is 49.0. The van der Waals surface area contributed by atoms with Crippen molar-refractivity contribution in [1.29, 1.82) is 5.26 Å². The van der Waals surface area contributed by atoms with Gasteiger partial charge in [-0.25, -0.2) is 0 Å². The summed E-state index contributed by atoms with van der Waals surface area (Å²) in [6, 6.07) is 8.42. The van der Waals surface area contributed by atoms with Crippen LogP contribution < -0.4 is 15.0 Å². The Balaban J connectivity index is 2.00.